The van der Waals surface area contributed by atoms with Crippen LogP contribution in [0.25, 0.3) is 43.8 Å². The number of fused-ring (bicyclic) bond motifs is 6. The predicted molar refractivity (Wildman–Crippen MR) is 210 cm³/mol. The van der Waals surface area contributed by atoms with Gasteiger partial charge in [0, 0.05) is 22.7 Å². The maximum absolute atomic E-state index is 5.10. The molecule has 2 N–H and O–H groups in total. The van der Waals surface area contributed by atoms with Crippen LogP contribution in [-0.4, -0.2) is 11.7 Å². The van der Waals surface area contributed by atoms with Crippen LogP contribution in [0, 0.1) is 0 Å². The first-order valence-electron chi connectivity index (χ1n) is 17.4. The van der Waals surface area contributed by atoms with E-state index in [1.54, 1.807) is 0 Å². The van der Waals surface area contributed by atoms with Crippen molar-refractivity contribution in [2.45, 2.75) is 25.9 Å². The van der Waals surface area contributed by atoms with Gasteiger partial charge in [-0.05, 0) is 86.2 Å². The molecule has 0 saturated heterocycles. The molecule has 9 rings (SSSR count). The molecule has 2 aliphatic rings. The van der Waals surface area contributed by atoms with Crippen LogP contribution in [0.5, 0.6) is 0 Å². The van der Waals surface area contributed by atoms with Gasteiger partial charge in [-0.15, -0.1) is 0 Å². The van der Waals surface area contributed by atoms with Crippen molar-refractivity contribution in [2.24, 2.45) is 9.98 Å². The van der Waals surface area contributed by atoms with Crippen molar-refractivity contribution < 1.29 is 0 Å². The first-order valence-corrected chi connectivity index (χ1v) is 17.4. The Morgan fingerprint density at radius 1 is 0.560 bits per heavy atom. The van der Waals surface area contributed by atoms with Crippen LogP contribution in [0.15, 0.2) is 173 Å². The molecule has 2 aliphatic heterocycles. The van der Waals surface area contributed by atoms with Gasteiger partial charge in [0.25, 0.3) is 0 Å². The van der Waals surface area contributed by atoms with E-state index in [-0.39, 0.29) is 6.17 Å². The Morgan fingerprint density at radius 3 is 1.94 bits per heavy atom. The van der Waals surface area contributed by atoms with E-state index >= 15 is 0 Å². The fourth-order valence-corrected chi connectivity index (χ4v) is 7.32. The van der Waals surface area contributed by atoms with E-state index in [2.05, 4.69) is 139 Å². The second-order valence-electron chi connectivity index (χ2n) is 13.0. The number of amidine groups is 2. The van der Waals surface area contributed by atoms with E-state index in [9.17, 15) is 0 Å². The molecule has 2 heterocycles. The SMILES string of the molecule is CCC1=CNc2c(c3ccccc3c3ccc(-c4cccc(-c5cccc(C6N=C(c7ccccc7)N=C(c7ccccc7)N6)c5)c4)cc23)C1. The summed E-state index contributed by atoms with van der Waals surface area (Å²) in [5.41, 5.74) is 11.9. The number of nitrogens with one attached hydrogen (secondary N) is 2. The van der Waals surface area contributed by atoms with Gasteiger partial charge in [0.2, 0.25) is 0 Å². The first-order chi connectivity index (χ1) is 24.7. The molecule has 0 radical (unpaired) electrons. The van der Waals surface area contributed by atoms with Crippen molar-refractivity contribution in [1.82, 2.24) is 5.32 Å². The number of aliphatic imine (C=N–C) groups is 2. The van der Waals surface area contributed by atoms with Crippen LogP contribution in [0.1, 0.15) is 41.8 Å². The number of benzene rings is 7. The van der Waals surface area contributed by atoms with E-state index in [0.717, 1.165) is 46.8 Å². The third-order valence-corrected chi connectivity index (χ3v) is 9.96. The zero-order valence-corrected chi connectivity index (χ0v) is 27.9. The van der Waals surface area contributed by atoms with E-state index in [1.807, 2.05) is 36.4 Å². The van der Waals surface area contributed by atoms with E-state index in [0.29, 0.717) is 0 Å². The molecular weight excluding hydrogens is 609 g/mol. The lowest BCUT2D eigenvalue weighted by molar-refractivity contribution is 0.674. The minimum absolute atomic E-state index is 0.280. The summed E-state index contributed by atoms with van der Waals surface area (Å²) >= 11 is 0. The fraction of sp³-hybridized carbons (Fsp3) is 0.0870. The van der Waals surface area contributed by atoms with Crippen molar-refractivity contribution in [3.63, 3.8) is 0 Å². The molecule has 1 atom stereocenters. The first kappa shape index (κ1) is 29.8. The molecule has 4 nitrogen and oxygen atoms in total. The zero-order valence-electron chi connectivity index (χ0n) is 27.9. The summed E-state index contributed by atoms with van der Waals surface area (Å²) in [5, 5.41) is 12.5. The molecule has 1 unspecified atom stereocenters. The molecule has 0 bridgehead atoms. The summed E-state index contributed by atoms with van der Waals surface area (Å²) in [7, 11) is 0. The lowest BCUT2D eigenvalue weighted by Crippen LogP contribution is -2.33. The quantitative estimate of drug-likeness (QED) is 0.177. The van der Waals surface area contributed by atoms with Gasteiger partial charge in [0.15, 0.2) is 5.84 Å². The van der Waals surface area contributed by atoms with Crippen molar-refractivity contribution in [2.75, 3.05) is 5.32 Å². The smallest absolute Gasteiger partial charge is 0.159 e. The monoisotopic (exact) mass is 644 g/mol. The molecule has 7 aromatic rings. The lowest BCUT2D eigenvalue weighted by atomic mass is 9.88. The molecule has 0 aromatic heterocycles. The predicted octanol–water partition coefficient (Wildman–Crippen LogP) is 11.1. The van der Waals surface area contributed by atoms with E-state index in [1.165, 1.54) is 55.1 Å². The Hall–Kier alpha value is -6.26. The number of rotatable bonds is 6. The Morgan fingerprint density at radius 2 is 1.18 bits per heavy atom. The fourth-order valence-electron chi connectivity index (χ4n) is 7.32. The normalized spacial score (nSPS) is 15.4. The van der Waals surface area contributed by atoms with Gasteiger partial charge in [-0.1, -0.05) is 140 Å². The van der Waals surface area contributed by atoms with Gasteiger partial charge < -0.3 is 10.6 Å². The Balaban J connectivity index is 1.09. The number of anilines is 1. The molecule has 0 saturated carbocycles. The standard InChI is InChI=1S/C46H36N4/c1-2-30-25-41-39-22-10-9-21-38(39)40-24-23-36(28-42(40)43(41)47-29-30)34-18-11-17-33(26-34)35-19-12-20-37(27-35)46-49-44(31-13-5-3-6-14-31)48-45(50-46)32-15-7-4-8-16-32/h3-24,26-29,46-47H,2,25H2,1H3,(H,48,49,50). The average molecular weight is 645 g/mol. The minimum Gasteiger partial charge on any atom is -0.361 e. The molecule has 0 aliphatic carbocycles. The van der Waals surface area contributed by atoms with Crippen LogP contribution in [0.2, 0.25) is 0 Å². The number of hydrogen-bond donors (Lipinski definition) is 2. The molecule has 0 fully saturated rings. The third-order valence-electron chi connectivity index (χ3n) is 9.96. The van der Waals surface area contributed by atoms with Gasteiger partial charge >= 0.3 is 0 Å². The molecule has 50 heavy (non-hydrogen) atoms. The molecule has 240 valence electrons. The second kappa shape index (κ2) is 12.6. The Labute approximate surface area is 292 Å². The van der Waals surface area contributed by atoms with Crippen molar-refractivity contribution in [1.29, 1.82) is 0 Å². The van der Waals surface area contributed by atoms with E-state index < -0.39 is 0 Å². The van der Waals surface area contributed by atoms with E-state index in [4.69, 9.17) is 9.98 Å². The van der Waals surface area contributed by atoms with Crippen LogP contribution in [0.3, 0.4) is 0 Å². The van der Waals surface area contributed by atoms with Crippen LogP contribution in [0.4, 0.5) is 5.69 Å². The second-order valence-corrected chi connectivity index (χ2v) is 13.0. The number of nitrogens with zero attached hydrogens (tertiary/aromatic N) is 2. The average Bonchev–Trinajstić information content (AvgIpc) is 3.21. The lowest BCUT2D eigenvalue weighted by Gasteiger charge is -2.24. The number of hydrogen-bond acceptors (Lipinski definition) is 4. The van der Waals surface area contributed by atoms with Gasteiger partial charge in [-0.2, -0.15) is 0 Å². The number of allylic oxidation sites excluding steroid dienone is 1. The van der Waals surface area contributed by atoms with Crippen molar-refractivity contribution >= 4 is 38.9 Å². The highest BCUT2D eigenvalue weighted by molar-refractivity contribution is 6.16. The van der Waals surface area contributed by atoms with Gasteiger partial charge in [-0.25, -0.2) is 9.98 Å². The summed E-state index contributed by atoms with van der Waals surface area (Å²) in [5.74, 6) is 1.54. The highest BCUT2D eigenvalue weighted by Crippen LogP contribution is 2.42. The Kier molecular flexibility index (Phi) is 7.55. The summed E-state index contributed by atoms with van der Waals surface area (Å²) in [6, 6.07) is 53.8. The van der Waals surface area contributed by atoms with Gasteiger partial charge in [0.05, 0.1) is 5.69 Å². The maximum atomic E-state index is 5.10. The zero-order chi connectivity index (χ0) is 33.4. The van der Waals surface area contributed by atoms with Crippen molar-refractivity contribution in [3.05, 3.63) is 186 Å². The van der Waals surface area contributed by atoms with Crippen LogP contribution >= 0.6 is 0 Å². The summed E-state index contributed by atoms with van der Waals surface area (Å²) in [6.07, 6.45) is 3.96. The highest BCUT2D eigenvalue weighted by atomic mass is 15.2. The van der Waals surface area contributed by atoms with Crippen LogP contribution in [-0.2, 0) is 6.42 Å². The molecule has 4 heteroatoms. The summed E-state index contributed by atoms with van der Waals surface area (Å²) in [6.45, 7) is 2.24. The third kappa shape index (κ3) is 5.45. The largest absolute Gasteiger partial charge is 0.361 e. The van der Waals surface area contributed by atoms with Crippen LogP contribution < -0.4 is 10.6 Å². The minimum atomic E-state index is -0.280. The molecular formula is C46H36N4. The van der Waals surface area contributed by atoms with Crippen molar-refractivity contribution in [3.8, 4) is 22.3 Å². The highest BCUT2D eigenvalue weighted by Gasteiger charge is 2.22. The summed E-state index contributed by atoms with van der Waals surface area (Å²) in [4.78, 5) is 10.0. The maximum Gasteiger partial charge on any atom is 0.159 e. The van der Waals surface area contributed by atoms with Gasteiger partial charge in [0.1, 0.15) is 12.0 Å². The summed E-state index contributed by atoms with van der Waals surface area (Å²) < 4.78 is 0. The van der Waals surface area contributed by atoms with Gasteiger partial charge in [-0.3, -0.25) is 0 Å². The topological polar surface area (TPSA) is 48.8 Å². The Bertz CT molecular complexity index is 2490. The molecule has 7 aromatic carbocycles. The molecule has 0 amide bonds. The molecule has 0 spiro atoms.